The zero-order valence-electron chi connectivity index (χ0n) is 20.2. The monoisotopic (exact) mass is 488 g/mol. The first kappa shape index (κ1) is 25.2. The van der Waals surface area contributed by atoms with Gasteiger partial charge in [-0.1, -0.05) is 24.3 Å². The predicted octanol–water partition coefficient (Wildman–Crippen LogP) is 5.50. The minimum atomic E-state index is -4.37. The summed E-state index contributed by atoms with van der Waals surface area (Å²) in [6, 6.07) is 11.8. The lowest BCUT2D eigenvalue weighted by molar-refractivity contribution is -0.138. The fourth-order valence-electron chi connectivity index (χ4n) is 5.11. The van der Waals surface area contributed by atoms with Gasteiger partial charge in [-0.3, -0.25) is 9.69 Å². The Balaban J connectivity index is 1.50. The van der Waals surface area contributed by atoms with Gasteiger partial charge in [0.05, 0.1) is 29.8 Å². The lowest BCUT2D eigenvalue weighted by Gasteiger charge is -2.47. The number of hydrogen-bond acceptors (Lipinski definition) is 4. The van der Waals surface area contributed by atoms with E-state index in [0.717, 1.165) is 48.9 Å². The first-order chi connectivity index (χ1) is 16.5. The summed E-state index contributed by atoms with van der Waals surface area (Å²) in [5.41, 5.74) is 0.777. The van der Waals surface area contributed by atoms with Crippen LogP contribution in [-0.2, 0) is 22.3 Å². The van der Waals surface area contributed by atoms with E-state index in [9.17, 15) is 22.8 Å². The molecule has 2 aliphatic rings. The molecule has 1 saturated carbocycles. The number of rotatable bonds is 6. The Kier molecular flexibility index (Phi) is 6.70. The molecule has 1 aliphatic carbocycles. The van der Waals surface area contributed by atoms with Crippen LogP contribution >= 0.6 is 0 Å². The number of hydrogen-bond donors (Lipinski definition) is 1. The first-order valence-electron chi connectivity index (χ1n) is 11.9. The minimum Gasteiger partial charge on any atom is -0.465 e. The first-order valence-corrected chi connectivity index (χ1v) is 11.9. The van der Waals surface area contributed by atoms with Gasteiger partial charge >= 0.3 is 12.1 Å². The second kappa shape index (κ2) is 9.30. The summed E-state index contributed by atoms with van der Waals surface area (Å²) in [7, 11) is 1.33. The molecule has 2 atom stereocenters. The Labute approximate surface area is 203 Å². The molecule has 1 N–H and O–H groups in total. The van der Waals surface area contributed by atoms with Crippen LogP contribution in [0.15, 0.2) is 48.5 Å². The fourth-order valence-corrected chi connectivity index (χ4v) is 5.11. The van der Waals surface area contributed by atoms with Gasteiger partial charge < -0.3 is 10.1 Å². The van der Waals surface area contributed by atoms with Crippen molar-refractivity contribution >= 4 is 11.9 Å². The highest BCUT2D eigenvalue weighted by atomic mass is 19.4. The molecule has 5 nitrogen and oxygen atoms in total. The maximum atomic E-state index is 13.7. The van der Waals surface area contributed by atoms with Crippen LogP contribution in [0.25, 0.3) is 0 Å². The highest BCUT2D eigenvalue weighted by molar-refractivity contribution is 5.89. The number of ether oxygens (including phenoxy) is 1. The molecule has 35 heavy (non-hydrogen) atoms. The van der Waals surface area contributed by atoms with Crippen molar-refractivity contribution < 1.29 is 27.5 Å². The maximum absolute atomic E-state index is 13.7. The molecule has 1 amide bonds. The Morgan fingerprint density at radius 3 is 2.23 bits per heavy atom. The van der Waals surface area contributed by atoms with Gasteiger partial charge in [-0.05, 0) is 80.3 Å². The molecule has 1 saturated heterocycles. The van der Waals surface area contributed by atoms with E-state index in [1.807, 2.05) is 13.8 Å². The Bertz CT molecular complexity index is 1080. The number of nitrogens with one attached hydrogen (secondary N) is 1. The number of nitrogens with zero attached hydrogens (tertiary/aromatic N) is 1. The predicted molar refractivity (Wildman–Crippen MR) is 125 cm³/mol. The Morgan fingerprint density at radius 2 is 1.69 bits per heavy atom. The van der Waals surface area contributed by atoms with Crippen LogP contribution in [0.5, 0.6) is 0 Å². The van der Waals surface area contributed by atoms with E-state index in [1.165, 1.54) is 19.2 Å². The zero-order chi connectivity index (χ0) is 25.4. The molecule has 0 radical (unpaired) electrons. The summed E-state index contributed by atoms with van der Waals surface area (Å²) in [4.78, 5) is 27.4. The van der Waals surface area contributed by atoms with E-state index in [2.05, 4.69) is 10.2 Å². The summed E-state index contributed by atoms with van der Waals surface area (Å²) < 4.78 is 43.6. The van der Waals surface area contributed by atoms with Crippen LogP contribution in [0.3, 0.4) is 0 Å². The average molecular weight is 489 g/mol. The van der Waals surface area contributed by atoms with Gasteiger partial charge in [0.25, 0.3) is 0 Å². The van der Waals surface area contributed by atoms with Crippen LogP contribution in [0.4, 0.5) is 13.2 Å². The SMILES string of the molecule is COC(=O)c1ccc(C(C)NC(=O)C2(C)CC3(CCN2Cc2ccc(C(F)(F)F)cc2)CC3)cc1. The highest BCUT2D eigenvalue weighted by Gasteiger charge is 2.55. The Morgan fingerprint density at radius 1 is 1.06 bits per heavy atom. The number of likely N-dealkylation sites (tertiary alicyclic amines) is 1. The van der Waals surface area contributed by atoms with E-state index < -0.39 is 23.2 Å². The number of piperidine rings is 1. The zero-order valence-corrected chi connectivity index (χ0v) is 20.2. The number of esters is 1. The second-order valence-corrected chi connectivity index (χ2v) is 10.1. The lowest BCUT2D eigenvalue weighted by atomic mass is 9.78. The van der Waals surface area contributed by atoms with Gasteiger partial charge in [-0.15, -0.1) is 0 Å². The van der Waals surface area contributed by atoms with Crippen LogP contribution in [0.1, 0.15) is 72.6 Å². The largest absolute Gasteiger partial charge is 0.465 e. The van der Waals surface area contributed by atoms with Gasteiger partial charge in [0.2, 0.25) is 5.91 Å². The smallest absolute Gasteiger partial charge is 0.416 e. The van der Waals surface area contributed by atoms with E-state index in [0.29, 0.717) is 18.7 Å². The van der Waals surface area contributed by atoms with Crippen LogP contribution in [0.2, 0.25) is 0 Å². The summed E-state index contributed by atoms with van der Waals surface area (Å²) in [6.45, 7) is 4.95. The molecule has 188 valence electrons. The standard InChI is InChI=1S/C27H31F3N2O3/c1-18(20-6-8-21(9-7-20)23(33)35-3)31-24(34)25(2)17-26(12-13-26)14-15-32(25)16-19-4-10-22(11-5-19)27(28,29)30/h4-11,18H,12-17H2,1-3H3,(H,31,34). The molecule has 2 aromatic carbocycles. The van der Waals surface area contributed by atoms with Gasteiger partial charge in [-0.25, -0.2) is 4.79 Å². The molecule has 4 rings (SSSR count). The molecule has 1 spiro atoms. The molecule has 1 heterocycles. The molecule has 2 fully saturated rings. The molecule has 2 aromatic rings. The average Bonchev–Trinajstić information content (AvgIpc) is 3.58. The van der Waals surface area contributed by atoms with E-state index in [-0.39, 0.29) is 17.4 Å². The van der Waals surface area contributed by atoms with Gasteiger partial charge in [0.1, 0.15) is 0 Å². The van der Waals surface area contributed by atoms with E-state index in [4.69, 9.17) is 4.74 Å². The van der Waals surface area contributed by atoms with Crippen molar-refractivity contribution in [1.29, 1.82) is 0 Å². The minimum absolute atomic E-state index is 0.0973. The molecule has 0 bridgehead atoms. The van der Waals surface area contributed by atoms with Gasteiger partial charge in [0.15, 0.2) is 0 Å². The van der Waals surface area contributed by atoms with Crippen molar-refractivity contribution in [2.24, 2.45) is 5.41 Å². The van der Waals surface area contributed by atoms with Crippen LogP contribution < -0.4 is 5.32 Å². The summed E-state index contributed by atoms with van der Waals surface area (Å²) in [5.74, 6) is -0.517. The van der Waals surface area contributed by atoms with Crippen molar-refractivity contribution in [3.63, 3.8) is 0 Å². The molecule has 2 unspecified atom stereocenters. The fraction of sp³-hybridized carbons (Fsp3) is 0.481. The third-order valence-electron chi connectivity index (χ3n) is 7.61. The number of amides is 1. The topological polar surface area (TPSA) is 58.6 Å². The number of carbonyl (C=O) groups is 2. The highest BCUT2D eigenvalue weighted by Crippen LogP contribution is 2.58. The molecule has 1 aliphatic heterocycles. The quantitative estimate of drug-likeness (QED) is 0.546. The van der Waals surface area contributed by atoms with E-state index in [1.54, 1.807) is 24.3 Å². The van der Waals surface area contributed by atoms with Crippen molar-refractivity contribution in [3.8, 4) is 0 Å². The summed E-state index contributed by atoms with van der Waals surface area (Å²) >= 11 is 0. The number of carbonyl (C=O) groups excluding carboxylic acids is 2. The van der Waals surface area contributed by atoms with Crippen molar-refractivity contribution in [3.05, 3.63) is 70.8 Å². The summed E-state index contributed by atoms with van der Waals surface area (Å²) in [5, 5.41) is 3.13. The maximum Gasteiger partial charge on any atom is 0.416 e. The number of benzene rings is 2. The second-order valence-electron chi connectivity index (χ2n) is 10.1. The third kappa shape index (κ3) is 5.37. The Hall–Kier alpha value is -2.87. The summed E-state index contributed by atoms with van der Waals surface area (Å²) in [6.07, 6.45) is -0.452. The third-order valence-corrected chi connectivity index (χ3v) is 7.61. The van der Waals surface area contributed by atoms with Gasteiger partial charge in [0, 0.05) is 13.1 Å². The number of alkyl halides is 3. The molecular formula is C27H31F3N2O3. The van der Waals surface area contributed by atoms with Crippen LogP contribution in [0, 0.1) is 5.41 Å². The van der Waals surface area contributed by atoms with Gasteiger partial charge in [-0.2, -0.15) is 13.2 Å². The van der Waals surface area contributed by atoms with Crippen molar-refractivity contribution in [1.82, 2.24) is 10.2 Å². The van der Waals surface area contributed by atoms with Crippen LogP contribution in [-0.4, -0.2) is 36.0 Å². The normalized spacial score (nSPS) is 22.5. The molecule has 8 heteroatoms. The number of methoxy groups -OCH3 is 1. The van der Waals surface area contributed by atoms with Crippen molar-refractivity contribution in [2.75, 3.05) is 13.7 Å². The van der Waals surface area contributed by atoms with E-state index >= 15 is 0 Å². The molecule has 0 aromatic heterocycles. The number of halogens is 3. The van der Waals surface area contributed by atoms with Crippen molar-refractivity contribution in [2.45, 2.75) is 63.8 Å². The molecular weight excluding hydrogens is 457 g/mol. The lowest BCUT2D eigenvalue weighted by Crippen LogP contribution is -2.60.